The third-order valence-electron chi connectivity index (χ3n) is 4.99. The number of halogens is 1. The van der Waals surface area contributed by atoms with Crippen LogP contribution in [-0.4, -0.2) is 61.6 Å². The monoisotopic (exact) mass is 355 g/mol. The summed E-state index contributed by atoms with van der Waals surface area (Å²) in [5.41, 5.74) is 7.04. The molecule has 5 nitrogen and oxygen atoms in total. The lowest BCUT2D eigenvalue weighted by Gasteiger charge is -2.39. The minimum Gasteiger partial charge on any atom is -0.381 e. The van der Waals surface area contributed by atoms with Gasteiger partial charge in [-0.25, -0.2) is 0 Å². The molecule has 1 amide bonds. The topological polar surface area (TPSA) is 58.8 Å². The summed E-state index contributed by atoms with van der Waals surface area (Å²) in [5, 5.41) is 0. The third kappa shape index (κ3) is 5.18. The Kier molecular flexibility index (Phi) is 8.70. The second-order valence-corrected chi connectivity index (χ2v) is 6.33. The molecule has 136 valence electrons. The molecule has 1 aliphatic heterocycles. The minimum absolute atomic E-state index is 0. The Morgan fingerprint density at radius 3 is 2.67 bits per heavy atom. The van der Waals surface area contributed by atoms with E-state index in [9.17, 15) is 4.79 Å². The van der Waals surface area contributed by atoms with Crippen LogP contribution in [0.4, 0.5) is 0 Å². The second kappa shape index (κ2) is 9.99. The van der Waals surface area contributed by atoms with Gasteiger partial charge in [0.15, 0.2) is 0 Å². The maximum atomic E-state index is 12.7. The van der Waals surface area contributed by atoms with E-state index in [1.807, 2.05) is 30.1 Å². The largest absolute Gasteiger partial charge is 0.381 e. The Labute approximate surface area is 151 Å². The highest BCUT2D eigenvalue weighted by Crippen LogP contribution is 2.21. The van der Waals surface area contributed by atoms with Crippen molar-refractivity contribution in [3.05, 3.63) is 35.9 Å². The van der Waals surface area contributed by atoms with Crippen molar-refractivity contribution < 1.29 is 9.53 Å². The summed E-state index contributed by atoms with van der Waals surface area (Å²) in [5.74, 6) is 0.135. The SMILES string of the molecule is COC1CCN(CC(=O)N(C)C(C)c2ccccc2)C(CN)C1.Cl. The highest BCUT2D eigenvalue weighted by Gasteiger charge is 2.30. The molecule has 3 unspecified atom stereocenters. The van der Waals surface area contributed by atoms with Gasteiger partial charge >= 0.3 is 0 Å². The van der Waals surface area contributed by atoms with Crippen LogP contribution >= 0.6 is 12.4 Å². The second-order valence-electron chi connectivity index (χ2n) is 6.33. The van der Waals surface area contributed by atoms with Gasteiger partial charge in [0.05, 0.1) is 18.7 Å². The molecule has 6 heteroatoms. The first kappa shape index (κ1) is 20.9. The highest BCUT2D eigenvalue weighted by molar-refractivity contribution is 5.85. The van der Waals surface area contributed by atoms with E-state index in [-0.39, 0.29) is 36.5 Å². The van der Waals surface area contributed by atoms with Gasteiger partial charge in [-0.1, -0.05) is 30.3 Å². The number of likely N-dealkylation sites (tertiary alicyclic amines) is 1. The van der Waals surface area contributed by atoms with E-state index in [1.54, 1.807) is 7.11 Å². The normalized spacial score (nSPS) is 22.5. The number of methoxy groups -OCH3 is 1. The van der Waals surface area contributed by atoms with Crippen LogP contribution in [0.25, 0.3) is 0 Å². The minimum atomic E-state index is 0. The molecule has 3 atom stereocenters. The maximum Gasteiger partial charge on any atom is 0.237 e. The zero-order chi connectivity index (χ0) is 16.8. The fourth-order valence-electron chi connectivity index (χ4n) is 3.19. The van der Waals surface area contributed by atoms with Crippen molar-refractivity contribution in [1.82, 2.24) is 9.80 Å². The van der Waals surface area contributed by atoms with E-state index >= 15 is 0 Å². The smallest absolute Gasteiger partial charge is 0.237 e. The maximum absolute atomic E-state index is 12.7. The molecule has 0 spiro atoms. The van der Waals surface area contributed by atoms with Crippen LogP contribution < -0.4 is 5.73 Å². The fraction of sp³-hybridized carbons (Fsp3) is 0.611. The molecule has 0 bridgehead atoms. The molecule has 1 aliphatic rings. The van der Waals surface area contributed by atoms with Gasteiger partial charge in [0.25, 0.3) is 0 Å². The van der Waals surface area contributed by atoms with Gasteiger partial charge in [-0.05, 0) is 25.3 Å². The van der Waals surface area contributed by atoms with Crippen LogP contribution in [0.1, 0.15) is 31.4 Å². The summed E-state index contributed by atoms with van der Waals surface area (Å²) in [7, 11) is 3.62. The number of carbonyl (C=O) groups is 1. The third-order valence-corrected chi connectivity index (χ3v) is 4.99. The quantitative estimate of drug-likeness (QED) is 0.848. The first-order valence-corrected chi connectivity index (χ1v) is 8.34. The van der Waals surface area contributed by atoms with Crippen LogP contribution in [0.5, 0.6) is 0 Å². The van der Waals surface area contributed by atoms with Crippen LogP contribution in [0, 0.1) is 0 Å². The van der Waals surface area contributed by atoms with Crippen LogP contribution in [-0.2, 0) is 9.53 Å². The number of likely N-dealkylation sites (N-methyl/N-ethyl adjacent to an activating group) is 1. The van der Waals surface area contributed by atoms with E-state index in [0.29, 0.717) is 13.1 Å². The van der Waals surface area contributed by atoms with Gasteiger partial charge in [-0.3, -0.25) is 9.69 Å². The summed E-state index contributed by atoms with van der Waals surface area (Å²) >= 11 is 0. The predicted octanol–water partition coefficient (Wildman–Crippen LogP) is 2.07. The molecule has 1 saturated heterocycles. The van der Waals surface area contributed by atoms with Crippen molar-refractivity contribution in [2.45, 2.75) is 38.0 Å². The van der Waals surface area contributed by atoms with Gasteiger partial charge in [-0.2, -0.15) is 0 Å². The van der Waals surface area contributed by atoms with Crippen molar-refractivity contribution >= 4 is 18.3 Å². The molecule has 1 aromatic rings. The number of carbonyl (C=O) groups excluding carboxylic acids is 1. The highest BCUT2D eigenvalue weighted by atomic mass is 35.5. The molecule has 2 N–H and O–H groups in total. The van der Waals surface area contributed by atoms with E-state index in [4.69, 9.17) is 10.5 Å². The lowest BCUT2D eigenvalue weighted by molar-refractivity contribution is -0.134. The standard InChI is InChI=1S/C18H29N3O2.ClH/c1-14(15-7-5-4-6-8-15)20(2)18(22)13-21-10-9-17(23-3)11-16(21)12-19;/h4-8,14,16-17H,9-13,19H2,1-3H3;1H. The molecule has 0 aromatic heterocycles. The molecule has 0 radical (unpaired) electrons. The van der Waals surface area contributed by atoms with E-state index in [2.05, 4.69) is 24.0 Å². The van der Waals surface area contributed by atoms with Crippen LogP contribution in [0.2, 0.25) is 0 Å². The van der Waals surface area contributed by atoms with Crippen LogP contribution in [0.3, 0.4) is 0 Å². The van der Waals surface area contributed by atoms with Gasteiger partial charge in [0.1, 0.15) is 0 Å². The van der Waals surface area contributed by atoms with Gasteiger partial charge < -0.3 is 15.4 Å². The number of nitrogens with two attached hydrogens (primary N) is 1. The first-order chi connectivity index (χ1) is 11.1. The number of piperidine rings is 1. The molecule has 2 rings (SSSR count). The Bertz CT molecular complexity index is 500. The molecule has 0 saturated carbocycles. The summed E-state index contributed by atoms with van der Waals surface area (Å²) in [4.78, 5) is 16.7. The average Bonchev–Trinajstić information content (AvgIpc) is 2.61. The van der Waals surface area contributed by atoms with Crippen molar-refractivity contribution in [3.8, 4) is 0 Å². The molecule has 1 heterocycles. The Morgan fingerprint density at radius 2 is 2.08 bits per heavy atom. The van der Waals surface area contributed by atoms with Gasteiger partial charge in [-0.15, -0.1) is 12.4 Å². The number of benzene rings is 1. The van der Waals surface area contributed by atoms with Crippen LogP contribution in [0.15, 0.2) is 30.3 Å². The molecule has 1 fully saturated rings. The molecule has 0 aliphatic carbocycles. The predicted molar refractivity (Wildman–Crippen MR) is 99.3 cm³/mol. The number of rotatable bonds is 6. The Morgan fingerprint density at radius 1 is 1.42 bits per heavy atom. The molecular weight excluding hydrogens is 326 g/mol. The number of nitrogens with zero attached hydrogens (tertiary/aromatic N) is 2. The van der Waals surface area contributed by atoms with Crippen molar-refractivity contribution in [2.75, 3.05) is 33.8 Å². The van der Waals surface area contributed by atoms with Crippen molar-refractivity contribution in [1.29, 1.82) is 0 Å². The summed E-state index contributed by atoms with van der Waals surface area (Å²) < 4.78 is 5.44. The van der Waals surface area contributed by atoms with Crippen molar-refractivity contribution in [2.24, 2.45) is 5.73 Å². The van der Waals surface area contributed by atoms with E-state index < -0.39 is 0 Å². The fourth-order valence-corrected chi connectivity index (χ4v) is 3.19. The molecule has 1 aromatic carbocycles. The average molecular weight is 356 g/mol. The number of hydrogen-bond donors (Lipinski definition) is 1. The Balaban J connectivity index is 0.00000288. The summed E-state index contributed by atoms with van der Waals surface area (Å²) in [6.07, 6.45) is 2.12. The van der Waals surface area contributed by atoms with E-state index in [1.165, 1.54) is 0 Å². The van der Waals surface area contributed by atoms with Crippen molar-refractivity contribution in [3.63, 3.8) is 0 Å². The first-order valence-electron chi connectivity index (χ1n) is 8.34. The number of hydrogen-bond acceptors (Lipinski definition) is 4. The number of amides is 1. The lowest BCUT2D eigenvalue weighted by Crippen LogP contribution is -2.52. The van der Waals surface area contributed by atoms with Gasteiger partial charge in [0, 0.05) is 33.3 Å². The molecule has 24 heavy (non-hydrogen) atoms. The zero-order valence-corrected chi connectivity index (χ0v) is 15.7. The number of ether oxygens (including phenoxy) is 1. The summed E-state index contributed by atoms with van der Waals surface area (Å²) in [6, 6.07) is 10.4. The van der Waals surface area contributed by atoms with Gasteiger partial charge in [0.2, 0.25) is 5.91 Å². The zero-order valence-electron chi connectivity index (χ0n) is 14.9. The Hall–Kier alpha value is -1.14. The molecular formula is C18H30ClN3O2. The lowest BCUT2D eigenvalue weighted by atomic mass is 9.99. The van der Waals surface area contributed by atoms with E-state index in [0.717, 1.165) is 24.9 Å². The summed E-state index contributed by atoms with van der Waals surface area (Å²) in [6.45, 7) is 3.90.